The van der Waals surface area contributed by atoms with E-state index in [2.05, 4.69) is 37.3 Å². The minimum atomic E-state index is 0.376. The van der Waals surface area contributed by atoms with E-state index in [1.165, 1.54) is 11.9 Å². The van der Waals surface area contributed by atoms with E-state index >= 15 is 0 Å². The van der Waals surface area contributed by atoms with E-state index < -0.39 is 0 Å². The third kappa shape index (κ3) is 5.47. The summed E-state index contributed by atoms with van der Waals surface area (Å²) >= 11 is 0. The van der Waals surface area contributed by atoms with Crippen molar-refractivity contribution < 1.29 is 9.47 Å². The average molecular weight is 525 g/mol. The van der Waals surface area contributed by atoms with Crippen molar-refractivity contribution in [3.63, 3.8) is 0 Å². The van der Waals surface area contributed by atoms with Crippen LogP contribution in [0.5, 0.6) is 5.75 Å². The number of rotatable bonds is 9. The van der Waals surface area contributed by atoms with Gasteiger partial charge in [0.2, 0.25) is 0 Å². The second-order valence-corrected chi connectivity index (χ2v) is 9.68. The SMILES string of the molecule is CNc1cc(CCCN2CCOCC2)c2ccc(OCc3cncc(-n4ccc5c(N)ncnc54)c3)cc2n1. The minimum absolute atomic E-state index is 0.376. The first-order valence-electron chi connectivity index (χ1n) is 13.2. The number of aromatic nitrogens is 5. The van der Waals surface area contributed by atoms with Gasteiger partial charge in [-0.3, -0.25) is 14.5 Å². The monoisotopic (exact) mass is 524 g/mol. The van der Waals surface area contributed by atoms with E-state index in [0.29, 0.717) is 12.4 Å². The van der Waals surface area contributed by atoms with Gasteiger partial charge in [-0.15, -0.1) is 0 Å². The van der Waals surface area contributed by atoms with Crippen molar-refractivity contribution in [2.75, 3.05) is 50.9 Å². The second kappa shape index (κ2) is 11.2. The number of nitrogens with zero attached hydrogens (tertiary/aromatic N) is 6. The fourth-order valence-electron chi connectivity index (χ4n) is 5.05. The van der Waals surface area contributed by atoms with Gasteiger partial charge in [-0.1, -0.05) is 0 Å². The zero-order valence-electron chi connectivity index (χ0n) is 22.0. The predicted molar refractivity (Wildman–Crippen MR) is 152 cm³/mol. The van der Waals surface area contributed by atoms with Crippen LogP contribution in [0.1, 0.15) is 17.5 Å². The molecule has 0 bridgehead atoms. The van der Waals surface area contributed by atoms with Gasteiger partial charge >= 0.3 is 0 Å². The number of aryl methyl sites for hydroxylation is 1. The Hall–Kier alpha value is -4.28. The number of morpholine rings is 1. The van der Waals surface area contributed by atoms with Gasteiger partial charge in [0.1, 0.15) is 36.0 Å². The Morgan fingerprint density at radius 3 is 2.82 bits per heavy atom. The molecule has 10 nitrogen and oxygen atoms in total. The maximum absolute atomic E-state index is 6.18. The van der Waals surface area contributed by atoms with Crippen molar-refractivity contribution in [1.29, 1.82) is 0 Å². The van der Waals surface area contributed by atoms with E-state index in [1.807, 2.05) is 48.3 Å². The fraction of sp³-hybridized carbons (Fsp3) is 0.310. The molecule has 10 heteroatoms. The van der Waals surface area contributed by atoms with E-state index in [4.69, 9.17) is 20.2 Å². The number of hydrogen-bond donors (Lipinski definition) is 2. The molecule has 0 atom stereocenters. The summed E-state index contributed by atoms with van der Waals surface area (Å²) in [4.78, 5) is 20.2. The van der Waals surface area contributed by atoms with Crippen LogP contribution in [0.4, 0.5) is 11.6 Å². The summed E-state index contributed by atoms with van der Waals surface area (Å²) in [5.41, 5.74) is 10.8. The van der Waals surface area contributed by atoms with Crippen molar-refractivity contribution in [1.82, 2.24) is 29.4 Å². The Bertz CT molecular complexity index is 1600. The van der Waals surface area contributed by atoms with Crippen LogP contribution in [-0.4, -0.2) is 69.3 Å². The summed E-state index contributed by atoms with van der Waals surface area (Å²) in [6, 6.07) is 12.2. The molecule has 1 saturated heterocycles. The minimum Gasteiger partial charge on any atom is -0.489 e. The topological polar surface area (TPSA) is 116 Å². The quantitative estimate of drug-likeness (QED) is 0.297. The molecule has 0 spiro atoms. The maximum atomic E-state index is 6.18. The highest BCUT2D eigenvalue weighted by atomic mass is 16.5. The van der Waals surface area contributed by atoms with Gasteiger partial charge in [-0.2, -0.15) is 0 Å². The van der Waals surface area contributed by atoms with E-state index in [-0.39, 0.29) is 0 Å². The van der Waals surface area contributed by atoms with Crippen LogP contribution >= 0.6 is 0 Å². The highest BCUT2D eigenvalue weighted by Crippen LogP contribution is 2.27. The molecule has 0 aliphatic carbocycles. The van der Waals surface area contributed by atoms with Crippen molar-refractivity contribution in [3.05, 3.63) is 72.4 Å². The third-order valence-electron chi connectivity index (χ3n) is 7.12. The zero-order valence-corrected chi connectivity index (χ0v) is 22.0. The number of ether oxygens (including phenoxy) is 2. The third-order valence-corrected chi connectivity index (χ3v) is 7.12. The molecule has 6 rings (SSSR count). The molecule has 5 heterocycles. The van der Waals surface area contributed by atoms with Crippen LogP contribution in [0, 0.1) is 0 Å². The molecule has 1 aromatic carbocycles. The van der Waals surface area contributed by atoms with Crippen molar-refractivity contribution >= 4 is 33.6 Å². The largest absolute Gasteiger partial charge is 0.489 e. The first kappa shape index (κ1) is 25.0. The number of nitrogens with two attached hydrogens (primary N) is 1. The summed E-state index contributed by atoms with van der Waals surface area (Å²) < 4.78 is 13.6. The molecule has 1 fully saturated rings. The lowest BCUT2D eigenvalue weighted by atomic mass is 10.0. The Morgan fingerprint density at radius 1 is 1.05 bits per heavy atom. The van der Waals surface area contributed by atoms with Gasteiger partial charge in [0, 0.05) is 49.5 Å². The molecule has 0 amide bonds. The Kier molecular flexibility index (Phi) is 7.20. The lowest BCUT2D eigenvalue weighted by molar-refractivity contribution is 0.0375. The summed E-state index contributed by atoms with van der Waals surface area (Å²) in [7, 11) is 1.90. The van der Waals surface area contributed by atoms with Gasteiger partial charge in [-0.05, 0) is 55.3 Å². The molecule has 39 heavy (non-hydrogen) atoms. The number of benzene rings is 1. The van der Waals surface area contributed by atoms with Crippen LogP contribution in [0.2, 0.25) is 0 Å². The fourth-order valence-corrected chi connectivity index (χ4v) is 5.05. The lowest BCUT2D eigenvalue weighted by Gasteiger charge is -2.26. The number of hydrogen-bond acceptors (Lipinski definition) is 9. The number of nitrogens with one attached hydrogen (secondary N) is 1. The number of pyridine rings is 2. The van der Waals surface area contributed by atoms with Gasteiger partial charge in [0.05, 0.1) is 36.0 Å². The average Bonchev–Trinajstić information content (AvgIpc) is 3.42. The first-order valence-corrected chi connectivity index (χ1v) is 13.2. The Balaban J connectivity index is 1.17. The molecular formula is C29H32N8O2. The Labute approximate surface area is 226 Å². The van der Waals surface area contributed by atoms with Crippen LogP contribution < -0.4 is 15.8 Å². The van der Waals surface area contributed by atoms with Gasteiger partial charge < -0.3 is 20.5 Å². The van der Waals surface area contributed by atoms with Crippen molar-refractivity contribution in [2.45, 2.75) is 19.4 Å². The smallest absolute Gasteiger partial charge is 0.150 e. The highest BCUT2D eigenvalue weighted by Gasteiger charge is 2.12. The molecule has 5 aromatic rings. The normalized spacial score (nSPS) is 14.2. The molecule has 200 valence electrons. The van der Waals surface area contributed by atoms with Crippen molar-refractivity contribution in [2.24, 2.45) is 0 Å². The highest BCUT2D eigenvalue weighted by molar-refractivity contribution is 5.87. The Morgan fingerprint density at radius 2 is 1.95 bits per heavy atom. The van der Waals surface area contributed by atoms with Gasteiger partial charge in [0.15, 0.2) is 0 Å². The lowest BCUT2D eigenvalue weighted by Crippen LogP contribution is -2.36. The summed E-state index contributed by atoms with van der Waals surface area (Å²) in [5, 5.41) is 5.18. The molecule has 0 saturated carbocycles. The number of nitrogen functional groups attached to an aromatic ring is 1. The molecule has 4 aromatic heterocycles. The summed E-state index contributed by atoms with van der Waals surface area (Å²) in [6.45, 7) is 5.15. The molecule has 1 aliphatic heterocycles. The van der Waals surface area contributed by atoms with Crippen molar-refractivity contribution in [3.8, 4) is 11.4 Å². The molecule has 1 aliphatic rings. The molecule has 3 N–H and O–H groups in total. The second-order valence-electron chi connectivity index (χ2n) is 9.68. The number of anilines is 2. The van der Waals surface area contributed by atoms with E-state index in [1.54, 1.807) is 6.20 Å². The van der Waals surface area contributed by atoms with Gasteiger partial charge in [0.25, 0.3) is 0 Å². The van der Waals surface area contributed by atoms with Crippen LogP contribution in [0.15, 0.2) is 61.3 Å². The van der Waals surface area contributed by atoms with E-state index in [0.717, 1.165) is 90.4 Å². The maximum Gasteiger partial charge on any atom is 0.150 e. The number of fused-ring (bicyclic) bond motifs is 2. The van der Waals surface area contributed by atoms with Crippen LogP contribution in [0.25, 0.3) is 27.6 Å². The van der Waals surface area contributed by atoms with E-state index in [9.17, 15) is 0 Å². The standard InChI is InChI=1S/C29H32N8O2/c1-31-27-14-21(3-2-7-36-9-11-38-12-10-36)24-5-4-23(15-26(24)35-27)39-18-20-13-22(17-32-16-20)37-8-6-25-28(30)33-19-34-29(25)37/h4-6,8,13-17,19H,2-3,7,9-12,18H2,1H3,(H,31,35)(H2,30,33,34). The molecule has 0 unspecified atom stereocenters. The summed E-state index contributed by atoms with van der Waals surface area (Å²) in [6.07, 6.45) is 9.08. The zero-order chi connectivity index (χ0) is 26.6. The molecule has 0 radical (unpaired) electrons. The summed E-state index contributed by atoms with van der Waals surface area (Å²) in [5.74, 6) is 2.08. The first-order chi connectivity index (χ1) is 19.2. The van der Waals surface area contributed by atoms with Crippen LogP contribution in [0.3, 0.4) is 0 Å². The van der Waals surface area contributed by atoms with Crippen LogP contribution in [-0.2, 0) is 17.8 Å². The predicted octanol–water partition coefficient (Wildman–Crippen LogP) is 3.83. The van der Waals surface area contributed by atoms with Gasteiger partial charge in [-0.25, -0.2) is 15.0 Å². The molecular weight excluding hydrogens is 492 g/mol.